The molecule has 0 bridgehead atoms. The molecule has 0 N–H and O–H groups in total. The maximum Gasteiger partial charge on any atom is 0.253 e. The summed E-state index contributed by atoms with van der Waals surface area (Å²) in [4.78, 5) is 14.7. The van der Waals surface area contributed by atoms with Crippen molar-refractivity contribution < 1.29 is 17.9 Å². The van der Waals surface area contributed by atoms with Gasteiger partial charge in [-0.05, 0) is 30.2 Å². The lowest BCUT2D eigenvalue weighted by molar-refractivity contribution is 0.0790. The zero-order valence-electron chi connectivity index (χ0n) is 15.8. The molecule has 1 saturated heterocycles. The first-order valence-electron chi connectivity index (χ1n) is 8.79. The van der Waals surface area contributed by atoms with Gasteiger partial charge in [0.15, 0.2) is 0 Å². The van der Waals surface area contributed by atoms with Crippen molar-refractivity contribution in [3.05, 3.63) is 59.7 Å². The third-order valence-electron chi connectivity index (χ3n) is 4.92. The van der Waals surface area contributed by atoms with E-state index in [1.54, 1.807) is 11.0 Å². The second-order valence-electron chi connectivity index (χ2n) is 6.80. The van der Waals surface area contributed by atoms with Crippen LogP contribution in [0.4, 0.5) is 0 Å². The fraction of sp³-hybridized carbons (Fsp3) is 0.350. The van der Waals surface area contributed by atoms with Crippen molar-refractivity contribution >= 4 is 15.9 Å². The van der Waals surface area contributed by atoms with Crippen LogP contribution < -0.4 is 4.74 Å². The SMILES string of the molecule is COc1ccc(C(=O)N2CCC(c3ccccc3)C2)cc1S(=O)(=O)N(C)C. The monoisotopic (exact) mass is 388 g/mol. The first kappa shape index (κ1) is 19.4. The minimum absolute atomic E-state index is 0.000318. The van der Waals surface area contributed by atoms with Crippen LogP contribution in [-0.4, -0.2) is 57.8 Å². The Balaban J connectivity index is 1.86. The van der Waals surface area contributed by atoms with E-state index in [0.29, 0.717) is 24.6 Å². The van der Waals surface area contributed by atoms with E-state index in [9.17, 15) is 13.2 Å². The average molecular weight is 388 g/mol. The third kappa shape index (κ3) is 3.84. The number of amides is 1. The molecule has 1 heterocycles. The van der Waals surface area contributed by atoms with E-state index in [2.05, 4.69) is 12.1 Å². The van der Waals surface area contributed by atoms with Gasteiger partial charge in [-0.3, -0.25) is 4.79 Å². The van der Waals surface area contributed by atoms with Gasteiger partial charge in [0.1, 0.15) is 10.6 Å². The quantitative estimate of drug-likeness (QED) is 0.790. The summed E-state index contributed by atoms with van der Waals surface area (Å²) in [6.07, 6.45) is 0.898. The fourth-order valence-electron chi connectivity index (χ4n) is 3.33. The number of methoxy groups -OCH3 is 1. The molecule has 0 aliphatic carbocycles. The van der Waals surface area contributed by atoms with Crippen LogP contribution in [0.1, 0.15) is 28.3 Å². The summed E-state index contributed by atoms with van der Waals surface area (Å²) < 4.78 is 31.4. The number of hydrogen-bond donors (Lipinski definition) is 0. The maximum absolute atomic E-state index is 12.9. The van der Waals surface area contributed by atoms with Crippen molar-refractivity contribution in [2.24, 2.45) is 0 Å². The molecule has 1 aliphatic heterocycles. The molecule has 3 rings (SSSR count). The minimum atomic E-state index is -3.72. The van der Waals surface area contributed by atoms with Crippen LogP contribution in [0, 0.1) is 0 Å². The smallest absolute Gasteiger partial charge is 0.253 e. The van der Waals surface area contributed by atoms with Crippen LogP contribution >= 0.6 is 0 Å². The number of benzene rings is 2. The van der Waals surface area contributed by atoms with Gasteiger partial charge in [-0.25, -0.2) is 12.7 Å². The second-order valence-corrected chi connectivity index (χ2v) is 8.92. The lowest BCUT2D eigenvalue weighted by Crippen LogP contribution is -2.29. The van der Waals surface area contributed by atoms with Crippen LogP contribution in [0.3, 0.4) is 0 Å². The summed E-state index contributed by atoms with van der Waals surface area (Å²) in [6.45, 7) is 1.28. The first-order chi connectivity index (χ1) is 12.8. The maximum atomic E-state index is 12.9. The molecule has 1 amide bonds. The molecule has 1 fully saturated rings. The number of rotatable bonds is 5. The Morgan fingerprint density at radius 1 is 1.15 bits per heavy atom. The Bertz CT molecular complexity index is 926. The predicted octanol–water partition coefficient (Wildman–Crippen LogP) is 2.58. The van der Waals surface area contributed by atoms with Gasteiger partial charge >= 0.3 is 0 Å². The number of nitrogens with zero attached hydrogens (tertiary/aromatic N) is 2. The lowest BCUT2D eigenvalue weighted by Gasteiger charge is -2.19. The molecule has 1 unspecified atom stereocenters. The van der Waals surface area contributed by atoms with Gasteiger partial charge in [0, 0.05) is 38.7 Å². The van der Waals surface area contributed by atoms with Crippen LogP contribution in [0.5, 0.6) is 5.75 Å². The van der Waals surface area contributed by atoms with Crippen LogP contribution in [0.2, 0.25) is 0 Å². The second kappa shape index (κ2) is 7.70. The minimum Gasteiger partial charge on any atom is -0.495 e. The van der Waals surface area contributed by atoms with Crippen molar-refractivity contribution in [3.63, 3.8) is 0 Å². The van der Waals surface area contributed by atoms with Crippen LogP contribution in [0.15, 0.2) is 53.4 Å². The summed E-state index contributed by atoms with van der Waals surface area (Å²) >= 11 is 0. The summed E-state index contributed by atoms with van der Waals surface area (Å²) in [5.74, 6) is 0.369. The molecule has 1 aliphatic rings. The Morgan fingerprint density at radius 3 is 2.48 bits per heavy atom. The van der Waals surface area contributed by atoms with Crippen LogP contribution in [-0.2, 0) is 10.0 Å². The molecule has 2 aromatic rings. The standard InChI is InChI=1S/C20H24N2O4S/c1-21(2)27(24,25)19-13-16(9-10-18(19)26-3)20(23)22-12-11-17(14-22)15-7-5-4-6-8-15/h4-10,13,17H,11-12,14H2,1-3H3. The lowest BCUT2D eigenvalue weighted by atomic mass is 9.99. The topological polar surface area (TPSA) is 66.9 Å². The molecule has 1 atom stereocenters. The number of likely N-dealkylation sites (tertiary alicyclic amines) is 1. The summed E-state index contributed by atoms with van der Waals surface area (Å²) in [5, 5.41) is 0. The van der Waals surface area contributed by atoms with Gasteiger partial charge in [-0.15, -0.1) is 0 Å². The van der Waals surface area contributed by atoms with E-state index in [1.807, 2.05) is 18.2 Å². The van der Waals surface area contributed by atoms with E-state index >= 15 is 0 Å². The molecule has 0 saturated carbocycles. The van der Waals surface area contributed by atoms with Gasteiger partial charge < -0.3 is 9.64 Å². The highest BCUT2D eigenvalue weighted by Gasteiger charge is 2.30. The first-order valence-corrected chi connectivity index (χ1v) is 10.2. The zero-order valence-corrected chi connectivity index (χ0v) is 16.6. The van der Waals surface area contributed by atoms with Crippen molar-refractivity contribution in [2.75, 3.05) is 34.3 Å². The Labute approximate surface area is 160 Å². The highest BCUT2D eigenvalue weighted by molar-refractivity contribution is 7.89. The summed E-state index contributed by atoms with van der Waals surface area (Å²) in [6, 6.07) is 14.7. The Kier molecular flexibility index (Phi) is 5.53. The Hall–Kier alpha value is -2.38. The van der Waals surface area contributed by atoms with E-state index in [1.165, 1.54) is 38.9 Å². The van der Waals surface area contributed by atoms with E-state index < -0.39 is 10.0 Å². The van der Waals surface area contributed by atoms with Crippen molar-refractivity contribution in [1.82, 2.24) is 9.21 Å². The largest absolute Gasteiger partial charge is 0.495 e. The normalized spacial score (nSPS) is 17.3. The third-order valence-corrected chi connectivity index (χ3v) is 6.75. The molecule has 0 aromatic heterocycles. The van der Waals surface area contributed by atoms with E-state index in [-0.39, 0.29) is 16.6 Å². The number of ether oxygens (including phenoxy) is 1. The summed E-state index contributed by atoms with van der Waals surface area (Å²) in [7, 11) is 0.603. The number of carbonyl (C=O) groups excluding carboxylic acids is 1. The van der Waals surface area contributed by atoms with Crippen molar-refractivity contribution in [3.8, 4) is 5.75 Å². The average Bonchev–Trinajstić information content (AvgIpc) is 3.17. The molecular formula is C20H24N2O4S. The van der Waals surface area contributed by atoms with E-state index in [4.69, 9.17) is 4.74 Å². The Morgan fingerprint density at radius 2 is 1.85 bits per heavy atom. The molecule has 0 spiro atoms. The highest BCUT2D eigenvalue weighted by atomic mass is 32.2. The number of hydrogen-bond acceptors (Lipinski definition) is 4. The van der Waals surface area contributed by atoms with Gasteiger partial charge in [-0.1, -0.05) is 30.3 Å². The van der Waals surface area contributed by atoms with Crippen molar-refractivity contribution in [2.45, 2.75) is 17.2 Å². The van der Waals surface area contributed by atoms with Gasteiger partial charge in [0.05, 0.1) is 7.11 Å². The van der Waals surface area contributed by atoms with Gasteiger partial charge in [-0.2, -0.15) is 0 Å². The van der Waals surface area contributed by atoms with Crippen LogP contribution in [0.25, 0.3) is 0 Å². The number of sulfonamides is 1. The number of carbonyl (C=O) groups is 1. The zero-order chi connectivity index (χ0) is 19.6. The molecular weight excluding hydrogens is 364 g/mol. The summed E-state index contributed by atoms with van der Waals surface area (Å²) in [5.41, 5.74) is 1.57. The highest BCUT2D eigenvalue weighted by Crippen LogP contribution is 2.30. The molecule has 27 heavy (non-hydrogen) atoms. The van der Waals surface area contributed by atoms with Crippen molar-refractivity contribution in [1.29, 1.82) is 0 Å². The van der Waals surface area contributed by atoms with Gasteiger partial charge in [0.25, 0.3) is 5.91 Å². The molecule has 2 aromatic carbocycles. The van der Waals surface area contributed by atoms with E-state index in [0.717, 1.165) is 10.7 Å². The molecule has 6 nitrogen and oxygen atoms in total. The molecule has 7 heteroatoms. The molecule has 0 radical (unpaired) electrons. The predicted molar refractivity (Wildman–Crippen MR) is 104 cm³/mol. The fourth-order valence-corrected chi connectivity index (χ4v) is 4.41. The molecule has 144 valence electrons. The van der Waals surface area contributed by atoms with Gasteiger partial charge in [0.2, 0.25) is 10.0 Å².